The Bertz CT molecular complexity index is 1040. The molecule has 1 saturated heterocycles. The number of hydrogen-bond donors (Lipinski definition) is 8. The molecule has 0 aliphatic carbocycles. The Morgan fingerprint density at radius 2 is 1.91 bits per heavy atom. The van der Waals surface area contributed by atoms with Crippen LogP contribution >= 0.6 is 23.5 Å². The summed E-state index contributed by atoms with van der Waals surface area (Å²) in [6.07, 6.45) is -1.30. The standard InChI is InChI=1S/C12H23N6O12P3/c1-2-16-10(14)8-11(15)18(5-17-8)12-9(19)6(3-13)7(28-12)4-27-32(23,24)30-33(25,26)29-31(20,21)22/h2,5-7,9,12,19H,1,3-4,13,15H2,(H2,14,16)(H,23,24)(H,25,26)(H2,20,21,22). The number of anilines is 1. The van der Waals surface area contributed by atoms with Crippen molar-refractivity contribution in [2.75, 3.05) is 18.9 Å². The molecule has 0 radical (unpaired) electrons. The van der Waals surface area contributed by atoms with Crippen LogP contribution in [0.1, 0.15) is 11.9 Å². The topological polar surface area (TPSA) is 298 Å². The second kappa shape index (κ2) is 10.4. The zero-order chi connectivity index (χ0) is 25.2. The molecule has 188 valence electrons. The molecule has 1 aromatic rings. The van der Waals surface area contributed by atoms with Crippen molar-refractivity contribution in [2.45, 2.75) is 18.4 Å². The highest BCUT2D eigenvalue weighted by atomic mass is 31.3. The lowest BCUT2D eigenvalue weighted by Gasteiger charge is -2.20. The third-order valence-electron chi connectivity index (χ3n) is 4.19. The molecule has 1 aromatic heterocycles. The van der Waals surface area contributed by atoms with Crippen molar-refractivity contribution in [1.82, 2.24) is 9.55 Å². The largest absolute Gasteiger partial charge is 0.490 e. The molecule has 1 aliphatic heterocycles. The Kier molecular flexibility index (Phi) is 8.76. The van der Waals surface area contributed by atoms with Gasteiger partial charge in [-0.2, -0.15) is 8.62 Å². The molecule has 2 rings (SSSR count). The van der Waals surface area contributed by atoms with Crippen molar-refractivity contribution in [1.29, 1.82) is 0 Å². The number of phosphoric acid groups is 3. The van der Waals surface area contributed by atoms with Crippen molar-refractivity contribution >= 4 is 35.1 Å². The quantitative estimate of drug-likeness (QED) is 0.0905. The smallest absolute Gasteiger partial charge is 0.388 e. The number of phosphoric ester groups is 1. The van der Waals surface area contributed by atoms with Crippen LogP contribution in [0, 0.1) is 5.92 Å². The lowest BCUT2D eigenvalue weighted by molar-refractivity contribution is -0.0493. The van der Waals surface area contributed by atoms with E-state index in [0.717, 1.165) is 6.20 Å². The molecule has 0 amide bonds. The summed E-state index contributed by atoms with van der Waals surface area (Å²) in [5.74, 6) is -0.980. The lowest BCUT2D eigenvalue weighted by atomic mass is 9.99. The normalized spacial score (nSPS) is 27.8. The second-order valence-electron chi connectivity index (χ2n) is 6.42. The zero-order valence-corrected chi connectivity index (χ0v) is 19.3. The first kappa shape index (κ1) is 27.8. The molecule has 6 atom stereocenters. The van der Waals surface area contributed by atoms with Crippen LogP contribution in [0.15, 0.2) is 24.1 Å². The predicted molar refractivity (Wildman–Crippen MR) is 110 cm³/mol. The third-order valence-corrected chi connectivity index (χ3v) is 7.99. The van der Waals surface area contributed by atoms with Crippen molar-refractivity contribution in [3.63, 3.8) is 0 Å². The number of rotatable bonds is 11. The highest BCUT2D eigenvalue weighted by molar-refractivity contribution is 7.66. The van der Waals surface area contributed by atoms with E-state index < -0.39 is 54.4 Å². The summed E-state index contributed by atoms with van der Waals surface area (Å²) in [6, 6.07) is 0. The van der Waals surface area contributed by atoms with Crippen molar-refractivity contribution in [3.05, 3.63) is 24.8 Å². The summed E-state index contributed by atoms with van der Waals surface area (Å²) >= 11 is 0. The predicted octanol–water partition coefficient (Wildman–Crippen LogP) is -1.51. The molecule has 0 aromatic carbocycles. The Labute approximate surface area is 186 Å². The maximum atomic E-state index is 11.9. The van der Waals surface area contributed by atoms with E-state index >= 15 is 0 Å². The van der Waals surface area contributed by atoms with Crippen LogP contribution in [0.5, 0.6) is 0 Å². The molecule has 18 nitrogen and oxygen atoms in total. The first-order valence-electron chi connectivity index (χ1n) is 8.69. The number of ether oxygens (including phenoxy) is 1. The fraction of sp³-hybridized carbons (Fsp3) is 0.500. The number of nitrogens with zero attached hydrogens (tertiary/aromatic N) is 3. The molecular formula is C12H23N6O12P3. The highest BCUT2D eigenvalue weighted by Crippen LogP contribution is 2.66. The zero-order valence-electron chi connectivity index (χ0n) is 16.6. The van der Waals surface area contributed by atoms with Crippen LogP contribution in [-0.4, -0.2) is 65.4 Å². The number of hydrogen-bond acceptors (Lipinski definition) is 12. The van der Waals surface area contributed by atoms with Crippen molar-refractivity contribution < 1.29 is 56.3 Å². The van der Waals surface area contributed by atoms with Crippen LogP contribution in [0.2, 0.25) is 0 Å². The van der Waals surface area contributed by atoms with Crippen LogP contribution in [0.4, 0.5) is 5.82 Å². The number of amidine groups is 1. The maximum absolute atomic E-state index is 11.9. The number of aliphatic hydroxyl groups is 1. The van der Waals surface area contributed by atoms with Crippen molar-refractivity contribution in [2.24, 2.45) is 22.4 Å². The average molecular weight is 536 g/mol. The number of aliphatic imine (C=N–C) groups is 1. The average Bonchev–Trinajstić information content (AvgIpc) is 3.16. The van der Waals surface area contributed by atoms with Gasteiger partial charge in [0.2, 0.25) is 0 Å². The third kappa shape index (κ3) is 7.24. The van der Waals surface area contributed by atoms with Crippen LogP contribution in [-0.2, 0) is 31.6 Å². The summed E-state index contributed by atoms with van der Waals surface area (Å²) in [7, 11) is -16.6. The Morgan fingerprint density at radius 1 is 1.27 bits per heavy atom. The van der Waals surface area contributed by atoms with E-state index in [9.17, 15) is 28.6 Å². The summed E-state index contributed by atoms with van der Waals surface area (Å²) in [5, 5.41) is 10.6. The van der Waals surface area contributed by atoms with E-state index in [1.165, 1.54) is 10.9 Å². The Hall–Kier alpha value is -1.49. The summed E-state index contributed by atoms with van der Waals surface area (Å²) < 4.78 is 52.6. The van der Waals surface area contributed by atoms with Gasteiger partial charge in [-0.15, -0.1) is 0 Å². The van der Waals surface area contributed by atoms with Gasteiger partial charge >= 0.3 is 23.5 Å². The highest BCUT2D eigenvalue weighted by Gasteiger charge is 2.47. The maximum Gasteiger partial charge on any atom is 0.490 e. The van der Waals surface area contributed by atoms with E-state index in [0.29, 0.717) is 0 Å². The number of imidazole rings is 1. The van der Waals surface area contributed by atoms with Gasteiger partial charge in [0, 0.05) is 18.7 Å². The van der Waals surface area contributed by atoms with E-state index in [4.69, 9.17) is 31.7 Å². The van der Waals surface area contributed by atoms with E-state index in [2.05, 4.69) is 29.7 Å². The Balaban J connectivity index is 2.14. The molecule has 11 N–H and O–H groups in total. The number of nitrogens with two attached hydrogens (primary N) is 3. The summed E-state index contributed by atoms with van der Waals surface area (Å²) in [5.41, 5.74) is 17.4. The number of nitrogen functional groups attached to an aromatic ring is 1. The first-order valence-corrected chi connectivity index (χ1v) is 13.2. The van der Waals surface area contributed by atoms with Crippen LogP contribution in [0.3, 0.4) is 0 Å². The lowest BCUT2D eigenvalue weighted by Crippen LogP contribution is -2.34. The monoisotopic (exact) mass is 536 g/mol. The van der Waals surface area contributed by atoms with Crippen LogP contribution < -0.4 is 17.2 Å². The van der Waals surface area contributed by atoms with Crippen LogP contribution in [0.25, 0.3) is 0 Å². The molecule has 33 heavy (non-hydrogen) atoms. The minimum atomic E-state index is -5.69. The summed E-state index contributed by atoms with van der Waals surface area (Å²) in [4.78, 5) is 43.6. The van der Waals surface area contributed by atoms with Gasteiger partial charge in [0.15, 0.2) is 12.1 Å². The molecule has 0 saturated carbocycles. The first-order chi connectivity index (χ1) is 15.1. The van der Waals surface area contributed by atoms with E-state index in [-0.39, 0.29) is 23.9 Å². The second-order valence-corrected chi connectivity index (χ2v) is 10.8. The Morgan fingerprint density at radius 3 is 2.45 bits per heavy atom. The molecule has 1 fully saturated rings. The SMILES string of the molecule is C=C/N=C(/N)c1ncn(C2OC(COP(=O)(O)OP(=O)(O)OP(=O)(O)O)C(CN)C2O)c1N. The van der Waals surface area contributed by atoms with Gasteiger partial charge in [-0.25, -0.2) is 23.7 Å². The van der Waals surface area contributed by atoms with E-state index in [1.54, 1.807) is 0 Å². The molecule has 6 unspecified atom stereocenters. The fourth-order valence-electron chi connectivity index (χ4n) is 2.88. The van der Waals surface area contributed by atoms with Crippen molar-refractivity contribution in [3.8, 4) is 0 Å². The van der Waals surface area contributed by atoms with Gasteiger partial charge in [0.25, 0.3) is 0 Å². The van der Waals surface area contributed by atoms with Gasteiger partial charge in [-0.3, -0.25) is 9.09 Å². The van der Waals surface area contributed by atoms with Gasteiger partial charge in [0.05, 0.1) is 19.0 Å². The molecule has 0 spiro atoms. The number of aromatic nitrogens is 2. The van der Waals surface area contributed by atoms with Gasteiger partial charge < -0.3 is 46.6 Å². The minimum absolute atomic E-state index is 0.0357. The fourth-order valence-corrected chi connectivity index (χ4v) is 5.91. The van der Waals surface area contributed by atoms with Gasteiger partial charge in [-0.1, -0.05) is 6.58 Å². The molecule has 21 heteroatoms. The molecule has 0 bridgehead atoms. The summed E-state index contributed by atoms with van der Waals surface area (Å²) in [6.45, 7) is 2.40. The minimum Gasteiger partial charge on any atom is -0.388 e. The van der Waals surface area contributed by atoms with E-state index in [1.807, 2.05) is 0 Å². The van der Waals surface area contributed by atoms with Gasteiger partial charge in [0.1, 0.15) is 17.6 Å². The number of aliphatic hydroxyl groups excluding tert-OH is 1. The molecular weight excluding hydrogens is 513 g/mol. The molecule has 1 aliphatic rings. The molecule has 2 heterocycles. The van der Waals surface area contributed by atoms with Gasteiger partial charge in [-0.05, 0) is 0 Å².